The lowest BCUT2D eigenvalue weighted by Crippen LogP contribution is -2.28. The van der Waals surface area contributed by atoms with Crippen molar-refractivity contribution in [1.29, 1.82) is 0 Å². The van der Waals surface area contributed by atoms with E-state index in [1.54, 1.807) is 42.7 Å². The van der Waals surface area contributed by atoms with Gasteiger partial charge in [-0.05, 0) is 46.8 Å². The van der Waals surface area contributed by atoms with Crippen LogP contribution in [0.2, 0.25) is 0 Å². The van der Waals surface area contributed by atoms with Gasteiger partial charge in [-0.2, -0.15) is 0 Å². The normalized spacial score (nSPS) is 10.9. The minimum absolute atomic E-state index is 0.0291. The maximum absolute atomic E-state index is 13.2. The molecule has 0 atom stereocenters. The van der Waals surface area contributed by atoms with Crippen LogP contribution in [0.5, 0.6) is 0 Å². The van der Waals surface area contributed by atoms with Crippen LogP contribution in [0.1, 0.15) is 16.1 Å². The molecule has 0 unspecified atom stereocenters. The monoisotopic (exact) mass is 434 g/mol. The second kappa shape index (κ2) is 7.40. The fourth-order valence-corrected chi connectivity index (χ4v) is 3.72. The van der Waals surface area contributed by atoms with Crippen LogP contribution in [0, 0.1) is 0 Å². The molecule has 4 rings (SSSR count). The Hall–Kier alpha value is -3.25. The molecule has 6 heteroatoms. The summed E-state index contributed by atoms with van der Waals surface area (Å²) in [5.41, 5.74) is 1.70. The summed E-state index contributed by atoms with van der Waals surface area (Å²) in [4.78, 5) is 29.5. The van der Waals surface area contributed by atoms with E-state index in [0.717, 1.165) is 15.6 Å². The van der Waals surface area contributed by atoms with Gasteiger partial charge in [0.25, 0.3) is 5.56 Å². The van der Waals surface area contributed by atoms with Crippen LogP contribution in [0.25, 0.3) is 21.9 Å². The van der Waals surface area contributed by atoms with Gasteiger partial charge in [-0.25, -0.2) is 4.79 Å². The zero-order valence-corrected chi connectivity index (χ0v) is 16.3. The number of nitrogens with zero attached hydrogens (tertiary/aromatic N) is 2. The maximum atomic E-state index is 13.2. The van der Waals surface area contributed by atoms with Crippen molar-refractivity contribution in [1.82, 2.24) is 9.55 Å². The van der Waals surface area contributed by atoms with E-state index in [1.807, 2.05) is 30.3 Å². The fraction of sp³-hybridized carbons (Fsp3) is 0.0455. The highest BCUT2D eigenvalue weighted by Gasteiger charge is 2.23. The number of carbonyl (C=O) groups is 1. The summed E-state index contributed by atoms with van der Waals surface area (Å²) < 4.78 is 2.11. The first-order chi connectivity index (χ1) is 13.6. The van der Waals surface area contributed by atoms with Crippen LogP contribution in [-0.4, -0.2) is 20.6 Å². The van der Waals surface area contributed by atoms with Gasteiger partial charge in [-0.3, -0.25) is 14.3 Å². The van der Waals surface area contributed by atoms with Crippen molar-refractivity contribution in [2.45, 2.75) is 6.54 Å². The molecule has 0 aliphatic carbocycles. The van der Waals surface area contributed by atoms with E-state index in [1.165, 1.54) is 4.57 Å². The molecule has 0 fully saturated rings. The van der Waals surface area contributed by atoms with E-state index >= 15 is 0 Å². The predicted molar refractivity (Wildman–Crippen MR) is 112 cm³/mol. The Bertz CT molecular complexity index is 1240. The van der Waals surface area contributed by atoms with Gasteiger partial charge in [0.05, 0.1) is 6.54 Å². The number of hydrogen-bond acceptors (Lipinski definition) is 3. The number of pyridine rings is 2. The molecule has 28 heavy (non-hydrogen) atoms. The second-order valence-corrected chi connectivity index (χ2v) is 7.25. The van der Waals surface area contributed by atoms with Crippen LogP contribution < -0.4 is 5.56 Å². The number of fused-ring (bicyclic) bond motifs is 1. The Kier molecular flexibility index (Phi) is 4.79. The average Bonchev–Trinajstić information content (AvgIpc) is 2.71. The van der Waals surface area contributed by atoms with Gasteiger partial charge in [-0.15, -0.1) is 0 Å². The number of benzene rings is 2. The van der Waals surface area contributed by atoms with E-state index < -0.39 is 5.97 Å². The highest BCUT2D eigenvalue weighted by atomic mass is 79.9. The molecule has 1 N–H and O–H groups in total. The van der Waals surface area contributed by atoms with Crippen molar-refractivity contribution in [3.63, 3.8) is 0 Å². The molecule has 5 nitrogen and oxygen atoms in total. The summed E-state index contributed by atoms with van der Waals surface area (Å²) in [6.45, 7) is 0.148. The molecule has 0 bridgehead atoms. The fourth-order valence-electron chi connectivity index (χ4n) is 3.36. The van der Waals surface area contributed by atoms with Crippen LogP contribution in [0.15, 0.2) is 82.3 Å². The van der Waals surface area contributed by atoms with Gasteiger partial charge in [0, 0.05) is 27.8 Å². The Morgan fingerprint density at radius 3 is 2.39 bits per heavy atom. The van der Waals surface area contributed by atoms with Crippen molar-refractivity contribution >= 4 is 32.7 Å². The van der Waals surface area contributed by atoms with Crippen LogP contribution >= 0.6 is 15.9 Å². The summed E-state index contributed by atoms with van der Waals surface area (Å²) in [6.07, 6.45) is 3.24. The van der Waals surface area contributed by atoms with Gasteiger partial charge >= 0.3 is 5.97 Å². The molecule has 2 heterocycles. The largest absolute Gasteiger partial charge is 0.477 e. The molecule has 0 aliphatic heterocycles. The van der Waals surface area contributed by atoms with Crippen molar-refractivity contribution < 1.29 is 9.90 Å². The number of carboxylic acid groups (broad SMARTS) is 1. The van der Waals surface area contributed by atoms with Crippen molar-refractivity contribution in [2.75, 3.05) is 0 Å². The van der Waals surface area contributed by atoms with E-state index in [-0.39, 0.29) is 17.8 Å². The zero-order valence-electron chi connectivity index (χ0n) is 14.7. The highest BCUT2D eigenvalue weighted by Crippen LogP contribution is 2.32. The minimum atomic E-state index is -1.15. The van der Waals surface area contributed by atoms with E-state index in [2.05, 4.69) is 20.9 Å². The van der Waals surface area contributed by atoms with Crippen LogP contribution in [0.4, 0.5) is 0 Å². The van der Waals surface area contributed by atoms with Gasteiger partial charge in [0.2, 0.25) is 0 Å². The summed E-state index contributed by atoms with van der Waals surface area (Å²) in [5, 5.41) is 11.1. The Morgan fingerprint density at radius 2 is 1.71 bits per heavy atom. The van der Waals surface area contributed by atoms with Gasteiger partial charge < -0.3 is 5.11 Å². The lowest BCUT2D eigenvalue weighted by atomic mass is 9.96. The third-order valence-corrected chi connectivity index (χ3v) is 5.08. The molecule has 2 aromatic heterocycles. The summed E-state index contributed by atoms with van der Waals surface area (Å²) >= 11 is 3.43. The van der Waals surface area contributed by atoms with Crippen LogP contribution in [0.3, 0.4) is 0 Å². The third kappa shape index (κ3) is 3.23. The van der Waals surface area contributed by atoms with Crippen molar-refractivity contribution in [3.8, 4) is 11.1 Å². The maximum Gasteiger partial charge on any atom is 0.353 e. The molecule has 4 aromatic rings. The lowest BCUT2D eigenvalue weighted by Gasteiger charge is -2.18. The van der Waals surface area contributed by atoms with Gasteiger partial charge in [0.15, 0.2) is 0 Å². The number of carboxylic acids is 1. The molecular formula is C22H15BrN2O3. The first kappa shape index (κ1) is 18.1. The number of rotatable bonds is 4. The molecule has 2 aromatic carbocycles. The molecule has 0 spiro atoms. The summed E-state index contributed by atoms with van der Waals surface area (Å²) in [5.74, 6) is -1.15. The molecule has 0 saturated carbocycles. The summed E-state index contributed by atoms with van der Waals surface area (Å²) in [7, 11) is 0. The SMILES string of the molecule is O=C(O)c1c(-c2ccccc2)c2cc(Br)ccc2c(=O)n1Cc1ccncc1. The van der Waals surface area contributed by atoms with Crippen molar-refractivity contribution in [3.05, 3.63) is 99.1 Å². The number of hydrogen-bond donors (Lipinski definition) is 1. The third-order valence-electron chi connectivity index (χ3n) is 4.59. The second-order valence-electron chi connectivity index (χ2n) is 6.33. The van der Waals surface area contributed by atoms with E-state index in [0.29, 0.717) is 16.3 Å². The molecule has 0 aliphatic rings. The smallest absolute Gasteiger partial charge is 0.353 e. The minimum Gasteiger partial charge on any atom is -0.477 e. The van der Waals surface area contributed by atoms with Gasteiger partial charge in [0.1, 0.15) is 5.69 Å². The van der Waals surface area contributed by atoms with E-state index in [9.17, 15) is 14.7 Å². The molecule has 0 radical (unpaired) electrons. The number of aromatic carboxylic acids is 1. The number of aromatic nitrogens is 2. The standard InChI is InChI=1S/C22H15BrN2O3/c23-16-6-7-17-18(12-16)19(15-4-2-1-3-5-15)20(22(27)28)25(21(17)26)13-14-8-10-24-11-9-14/h1-12H,13H2,(H,27,28). The quantitative estimate of drug-likeness (QED) is 0.510. The molecular weight excluding hydrogens is 420 g/mol. The Morgan fingerprint density at radius 1 is 1.00 bits per heavy atom. The molecule has 138 valence electrons. The van der Waals surface area contributed by atoms with Gasteiger partial charge in [-0.1, -0.05) is 46.3 Å². The first-order valence-electron chi connectivity index (χ1n) is 8.60. The highest BCUT2D eigenvalue weighted by molar-refractivity contribution is 9.10. The first-order valence-corrected chi connectivity index (χ1v) is 9.39. The number of halogens is 1. The zero-order chi connectivity index (χ0) is 19.7. The molecule has 0 saturated heterocycles. The Balaban J connectivity index is 2.13. The van der Waals surface area contributed by atoms with Crippen molar-refractivity contribution in [2.24, 2.45) is 0 Å². The average molecular weight is 435 g/mol. The topological polar surface area (TPSA) is 72.2 Å². The predicted octanol–water partition coefficient (Wildman–Crippen LogP) is 4.57. The van der Waals surface area contributed by atoms with E-state index in [4.69, 9.17) is 0 Å². The summed E-state index contributed by atoms with van der Waals surface area (Å²) in [6, 6.07) is 18.1. The van der Waals surface area contributed by atoms with Crippen LogP contribution in [-0.2, 0) is 6.54 Å². The Labute approximate surface area is 169 Å². The molecule has 0 amide bonds. The lowest BCUT2D eigenvalue weighted by molar-refractivity contribution is 0.0685.